The molecule has 4 aromatic rings. The minimum absolute atomic E-state index is 0.0348. The molecule has 0 spiro atoms. The van der Waals surface area contributed by atoms with Gasteiger partial charge in [-0.05, 0) is 37.6 Å². The second kappa shape index (κ2) is 8.22. The smallest absolute Gasteiger partial charge is 0.364 e. The topological polar surface area (TPSA) is 68.0 Å². The first-order valence-electron chi connectivity index (χ1n) is 10.2. The Hall–Kier alpha value is -3.49. The molecule has 0 saturated heterocycles. The molecular weight excluding hydrogens is 417 g/mol. The molecular formula is C23H23F3N6. The van der Waals surface area contributed by atoms with E-state index in [1.54, 1.807) is 28.9 Å². The fraction of sp³-hybridized carbons (Fsp3) is 0.304. The number of imidazole rings is 1. The molecule has 6 nitrogen and oxygen atoms in total. The van der Waals surface area contributed by atoms with Crippen molar-refractivity contribution >= 4 is 11.5 Å². The van der Waals surface area contributed by atoms with Gasteiger partial charge >= 0.3 is 6.18 Å². The Bertz CT molecular complexity index is 1280. The predicted molar refractivity (Wildman–Crippen MR) is 116 cm³/mol. The number of fused-ring (bicyclic) bond motifs is 1. The van der Waals surface area contributed by atoms with Crippen molar-refractivity contribution in [3.8, 4) is 11.3 Å². The molecule has 3 aromatic heterocycles. The lowest BCUT2D eigenvalue weighted by atomic mass is 10.0. The van der Waals surface area contributed by atoms with Crippen LogP contribution in [0.3, 0.4) is 0 Å². The average Bonchev–Trinajstić information content (AvgIpc) is 3.07. The summed E-state index contributed by atoms with van der Waals surface area (Å²) in [5.41, 5.74) is 2.40. The number of aromatic nitrogens is 5. The molecule has 0 radical (unpaired) electrons. The number of nitrogens with one attached hydrogen (secondary N) is 1. The van der Waals surface area contributed by atoms with Crippen molar-refractivity contribution in [1.29, 1.82) is 0 Å². The number of benzene rings is 1. The minimum Gasteiger partial charge on any atom is -0.364 e. The summed E-state index contributed by atoms with van der Waals surface area (Å²) < 4.78 is 42.3. The standard InChI is InChI=1S/C23H23F3N6/c1-13(2)21-27-10-9-20(30-21)28-12-19-15(4)29-22-14(3)11-18(31-32(19)22)16-7-5-6-8-17(16)23(24,25)26/h5-11,13H,12H2,1-4H3,(H,27,28,30). The molecule has 0 bridgehead atoms. The van der Waals surface area contributed by atoms with Crippen molar-refractivity contribution in [3.05, 3.63) is 70.9 Å². The third kappa shape index (κ3) is 4.15. The Morgan fingerprint density at radius 1 is 1.06 bits per heavy atom. The highest BCUT2D eigenvalue weighted by Crippen LogP contribution is 2.36. The third-order valence-electron chi connectivity index (χ3n) is 5.20. The van der Waals surface area contributed by atoms with E-state index in [4.69, 9.17) is 0 Å². The Morgan fingerprint density at radius 3 is 2.53 bits per heavy atom. The molecule has 0 unspecified atom stereocenters. The van der Waals surface area contributed by atoms with Crippen LogP contribution in [0.25, 0.3) is 16.9 Å². The molecule has 0 aliphatic heterocycles. The highest BCUT2D eigenvalue weighted by molar-refractivity contribution is 5.67. The largest absolute Gasteiger partial charge is 0.417 e. The van der Waals surface area contributed by atoms with Crippen LogP contribution in [-0.2, 0) is 12.7 Å². The highest BCUT2D eigenvalue weighted by Gasteiger charge is 2.34. The molecule has 1 aromatic carbocycles. The van der Waals surface area contributed by atoms with Crippen LogP contribution in [0.4, 0.5) is 19.0 Å². The summed E-state index contributed by atoms with van der Waals surface area (Å²) in [5.74, 6) is 1.58. The second-order valence-corrected chi connectivity index (χ2v) is 7.94. The molecule has 0 saturated carbocycles. The van der Waals surface area contributed by atoms with Gasteiger partial charge < -0.3 is 5.32 Å². The monoisotopic (exact) mass is 440 g/mol. The van der Waals surface area contributed by atoms with Crippen LogP contribution in [0.5, 0.6) is 0 Å². The molecule has 0 aliphatic rings. The van der Waals surface area contributed by atoms with Gasteiger partial charge in [-0.25, -0.2) is 19.5 Å². The van der Waals surface area contributed by atoms with E-state index < -0.39 is 11.7 Å². The van der Waals surface area contributed by atoms with Gasteiger partial charge in [0.1, 0.15) is 11.6 Å². The molecule has 4 rings (SSSR count). The van der Waals surface area contributed by atoms with Crippen LogP contribution < -0.4 is 5.32 Å². The van der Waals surface area contributed by atoms with Crippen LogP contribution in [0, 0.1) is 13.8 Å². The number of aryl methyl sites for hydroxylation is 2. The predicted octanol–water partition coefficient (Wildman–Crippen LogP) is 5.56. The Kier molecular flexibility index (Phi) is 5.58. The van der Waals surface area contributed by atoms with Crippen LogP contribution in [0.1, 0.15) is 48.1 Å². The summed E-state index contributed by atoms with van der Waals surface area (Å²) in [5, 5.41) is 7.80. The van der Waals surface area contributed by atoms with Crippen LogP contribution in [-0.4, -0.2) is 24.6 Å². The molecule has 166 valence electrons. The lowest BCUT2D eigenvalue weighted by molar-refractivity contribution is -0.137. The van der Waals surface area contributed by atoms with Crippen molar-refractivity contribution in [2.24, 2.45) is 0 Å². The normalized spacial score (nSPS) is 12.0. The van der Waals surface area contributed by atoms with Crippen molar-refractivity contribution in [2.75, 3.05) is 5.32 Å². The van der Waals surface area contributed by atoms with Gasteiger partial charge in [-0.3, -0.25) is 0 Å². The first-order valence-corrected chi connectivity index (χ1v) is 10.2. The zero-order valence-electron chi connectivity index (χ0n) is 18.2. The van der Waals surface area contributed by atoms with E-state index in [2.05, 4.69) is 25.4 Å². The Morgan fingerprint density at radius 2 is 1.81 bits per heavy atom. The summed E-state index contributed by atoms with van der Waals surface area (Å²) in [6.07, 6.45) is -2.78. The number of nitrogens with zero attached hydrogens (tertiary/aromatic N) is 5. The SMILES string of the molecule is Cc1nc2c(C)cc(-c3ccccc3C(F)(F)F)nn2c1CNc1ccnc(C(C)C)n1. The Balaban J connectivity index is 1.75. The minimum atomic E-state index is -4.47. The molecule has 3 heterocycles. The van der Waals surface area contributed by atoms with E-state index in [0.29, 0.717) is 18.0 Å². The van der Waals surface area contributed by atoms with Gasteiger partial charge in [-0.1, -0.05) is 32.0 Å². The van der Waals surface area contributed by atoms with Crippen molar-refractivity contribution in [3.63, 3.8) is 0 Å². The zero-order chi connectivity index (χ0) is 23.0. The van der Waals surface area contributed by atoms with E-state index in [1.807, 2.05) is 27.7 Å². The third-order valence-corrected chi connectivity index (χ3v) is 5.20. The van der Waals surface area contributed by atoms with Gasteiger partial charge in [0.2, 0.25) is 0 Å². The summed E-state index contributed by atoms with van der Waals surface area (Å²) in [6, 6.07) is 8.87. The maximum absolute atomic E-state index is 13.6. The number of anilines is 1. The fourth-order valence-electron chi connectivity index (χ4n) is 3.53. The molecule has 0 amide bonds. The van der Waals surface area contributed by atoms with E-state index in [0.717, 1.165) is 28.8 Å². The van der Waals surface area contributed by atoms with Gasteiger partial charge in [-0.15, -0.1) is 0 Å². The number of halogens is 3. The summed E-state index contributed by atoms with van der Waals surface area (Å²) in [7, 11) is 0. The van der Waals surface area contributed by atoms with E-state index in [1.165, 1.54) is 12.1 Å². The van der Waals surface area contributed by atoms with Crippen molar-refractivity contribution < 1.29 is 13.2 Å². The van der Waals surface area contributed by atoms with Gasteiger partial charge in [0.05, 0.1) is 29.2 Å². The van der Waals surface area contributed by atoms with Crippen LogP contribution >= 0.6 is 0 Å². The van der Waals surface area contributed by atoms with Crippen LogP contribution in [0.15, 0.2) is 42.6 Å². The Labute approximate surface area is 183 Å². The zero-order valence-corrected chi connectivity index (χ0v) is 18.2. The fourth-order valence-corrected chi connectivity index (χ4v) is 3.53. The highest BCUT2D eigenvalue weighted by atomic mass is 19.4. The number of rotatable bonds is 5. The molecule has 0 aliphatic carbocycles. The molecule has 32 heavy (non-hydrogen) atoms. The molecule has 0 fully saturated rings. The van der Waals surface area contributed by atoms with E-state index >= 15 is 0 Å². The molecule has 1 N–H and O–H groups in total. The van der Waals surface area contributed by atoms with Gasteiger partial charge in [0, 0.05) is 17.7 Å². The van der Waals surface area contributed by atoms with Gasteiger partial charge in [-0.2, -0.15) is 18.3 Å². The van der Waals surface area contributed by atoms with E-state index in [9.17, 15) is 13.2 Å². The average molecular weight is 440 g/mol. The van der Waals surface area contributed by atoms with Crippen molar-refractivity contribution in [2.45, 2.75) is 46.3 Å². The first kappa shape index (κ1) is 21.7. The number of hydrogen-bond acceptors (Lipinski definition) is 5. The van der Waals surface area contributed by atoms with Crippen molar-refractivity contribution in [1.82, 2.24) is 24.6 Å². The lowest BCUT2D eigenvalue weighted by Gasteiger charge is -2.13. The van der Waals surface area contributed by atoms with E-state index in [-0.39, 0.29) is 17.2 Å². The van der Waals surface area contributed by atoms with Crippen LogP contribution in [0.2, 0.25) is 0 Å². The maximum Gasteiger partial charge on any atom is 0.417 e. The maximum atomic E-state index is 13.6. The summed E-state index contributed by atoms with van der Waals surface area (Å²) in [4.78, 5) is 13.4. The second-order valence-electron chi connectivity index (χ2n) is 7.94. The summed E-state index contributed by atoms with van der Waals surface area (Å²) in [6.45, 7) is 8.06. The van der Waals surface area contributed by atoms with Gasteiger partial charge in [0.25, 0.3) is 0 Å². The quantitative estimate of drug-likeness (QED) is 0.440. The van der Waals surface area contributed by atoms with Gasteiger partial charge in [0.15, 0.2) is 5.65 Å². The first-order chi connectivity index (χ1) is 15.1. The number of alkyl halides is 3. The lowest BCUT2D eigenvalue weighted by Crippen LogP contribution is -2.11. The number of hydrogen-bond donors (Lipinski definition) is 1. The summed E-state index contributed by atoms with van der Waals surface area (Å²) >= 11 is 0. The molecule has 0 atom stereocenters. The molecule has 9 heteroatoms.